The van der Waals surface area contributed by atoms with Gasteiger partial charge in [-0.05, 0) is 25.1 Å². The van der Waals surface area contributed by atoms with Gasteiger partial charge in [0, 0.05) is 38.6 Å². The predicted molar refractivity (Wildman–Crippen MR) is 86.9 cm³/mol. The zero-order chi connectivity index (χ0) is 16.3. The van der Waals surface area contributed by atoms with Crippen LogP contribution in [0.2, 0.25) is 0 Å². The zero-order valence-corrected chi connectivity index (χ0v) is 13.8. The van der Waals surface area contributed by atoms with Crippen molar-refractivity contribution in [2.45, 2.75) is 11.8 Å². The molecule has 118 valence electrons. The van der Waals surface area contributed by atoms with Gasteiger partial charge in [0.1, 0.15) is 5.82 Å². The summed E-state index contributed by atoms with van der Waals surface area (Å²) in [5, 5.41) is 5.99. The van der Waals surface area contributed by atoms with Crippen LogP contribution in [0.3, 0.4) is 0 Å². The van der Waals surface area contributed by atoms with Crippen LogP contribution in [-0.4, -0.2) is 43.8 Å². The van der Waals surface area contributed by atoms with E-state index in [0.717, 1.165) is 5.56 Å². The summed E-state index contributed by atoms with van der Waals surface area (Å²) in [6.07, 6.45) is 1.70. The maximum absolute atomic E-state index is 12.2. The smallest absolute Gasteiger partial charge is 0.242 e. The Balaban J connectivity index is 2.36. The third-order valence-electron chi connectivity index (χ3n) is 3.07. The number of aromatic nitrogens is 2. The van der Waals surface area contributed by atoms with Gasteiger partial charge in [-0.25, -0.2) is 17.7 Å². The SMILES string of the molecule is CNc1ncc(C)c(Nc2cccc(S(=O)(=O)N(C)C)c2)n1. The first-order chi connectivity index (χ1) is 10.3. The standard InChI is InChI=1S/C14H19N5O2S/c1-10-9-16-14(15-2)18-13(10)17-11-6-5-7-12(8-11)22(20,21)19(3)4/h5-9H,1-4H3,(H2,15,16,17,18). The van der Waals surface area contributed by atoms with Crippen molar-refractivity contribution < 1.29 is 8.42 Å². The predicted octanol–water partition coefficient (Wildman–Crippen LogP) is 1.82. The number of benzene rings is 1. The molecule has 0 fully saturated rings. The molecule has 1 aromatic carbocycles. The fraction of sp³-hybridized carbons (Fsp3) is 0.286. The molecule has 1 aromatic heterocycles. The van der Waals surface area contributed by atoms with Crippen LogP contribution in [0.4, 0.5) is 17.5 Å². The Bertz CT molecular complexity index is 775. The van der Waals surface area contributed by atoms with E-state index in [-0.39, 0.29) is 4.90 Å². The topological polar surface area (TPSA) is 87.2 Å². The Hall–Kier alpha value is -2.19. The second kappa shape index (κ2) is 6.29. The van der Waals surface area contributed by atoms with Gasteiger partial charge >= 0.3 is 0 Å². The molecule has 0 spiro atoms. The molecule has 0 saturated heterocycles. The molecule has 0 bridgehead atoms. The van der Waals surface area contributed by atoms with Crippen LogP contribution < -0.4 is 10.6 Å². The Labute approximate surface area is 130 Å². The van der Waals surface area contributed by atoms with E-state index >= 15 is 0 Å². The first-order valence-electron chi connectivity index (χ1n) is 6.65. The minimum atomic E-state index is -3.47. The summed E-state index contributed by atoms with van der Waals surface area (Å²) in [6, 6.07) is 6.62. The molecule has 2 N–H and O–H groups in total. The van der Waals surface area contributed by atoms with E-state index in [9.17, 15) is 8.42 Å². The molecular weight excluding hydrogens is 302 g/mol. The molecular formula is C14H19N5O2S. The third kappa shape index (κ3) is 3.34. The van der Waals surface area contributed by atoms with E-state index in [4.69, 9.17) is 0 Å². The number of anilines is 3. The van der Waals surface area contributed by atoms with Crippen LogP contribution in [-0.2, 0) is 10.0 Å². The highest BCUT2D eigenvalue weighted by Crippen LogP contribution is 2.22. The molecule has 0 unspecified atom stereocenters. The van der Waals surface area contributed by atoms with E-state index in [0.29, 0.717) is 17.5 Å². The molecule has 0 atom stereocenters. The molecule has 1 heterocycles. The maximum Gasteiger partial charge on any atom is 0.242 e. The van der Waals surface area contributed by atoms with E-state index in [2.05, 4.69) is 20.6 Å². The number of nitrogens with zero attached hydrogens (tertiary/aromatic N) is 3. The third-order valence-corrected chi connectivity index (χ3v) is 4.88. The summed E-state index contributed by atoms with van der Waals surface area (Å²) in [5.74, 6) is 1.11. The average molecular weight is 321 g/mol. The molecule has 0 aliphatic carbocycles. The van der Waals surface area contributed by atoms with Crippen LogP contribution >= 0.6 is 0 Å². The highest BCUT2D eigenvalue weighted by atomic mass is 32.2. The Morgan fingerprint density at radius 1 is 1.23 bits per heavy atom. The van der Waals surface area contributed by atoms with Crippen molar-refractivity contribution in [2.75, 3.05) is 31.8 Å². The lowest BCUT2D eigenvalue weighted by molar-refractivity contribution is 0.521. The van der Waals surface area contributed by atoms with Gasteiger partial charge in [0.05, 0.1) is 4.90 Å². The van der Waals surface area contributed by atoms with Gasteiger partial charge in [0.2, 0.25) is 16.0 Å². The summed E-state index contributed by atoms with van der Waals surface area (Å²) in [7, 11) is 1.27. The van der Waals surface area contributed by atoms with Crippen molar-refractivity contribution in [3.8, 4) is 0 Å². The highest BCUT2D eigenvalue weighted by molar-refractivity contribution is 7.89. The normalized spacial score (nSPS) is 11.5. The molecule has 2 aromatic rings. The quantitative estimate of drug-likeness (QED) is 0.873. The molecule has 7 nitrogen and oxygen atoms in total. The molecule has 0 aliphatic heterocycles. The Morgan fingerprint density at radius 3 is 2.59 bits per heavy atom. The molecule has 0 saturated carbocycles. The van der Waals surface area contributed by atoms with Crippen molar-refractivity contribution in [2.24, 2.45) is 0 Å². The van der Waals surface area contributed by atoms with Crippen LogP contribution in [0.1, 0.15) is 5.56 Å². The largest absolute Gasteiger partial charge is 0.357 e. The van der Waals surface area contributed by atoms with E-state index < -0.39 is 10.0 Å². The van der Waals surface area contributed by atoms with Gasteiger partial charge in [0.15, 0.2) is 0 Å². The molecule has 22 heavy (non-hydrogen) atoms. The lowest BCUT2D eigenvalue weighted by Gasteiger charge is -2.13. The number of hydrogen-bond donors (Lipinski definition) is 2. The number of nitrogens with one attached hydrogen (secondary N) is 2. The fourth-order valence-electron chi connectivity index (χ4n) is 1.77. The van der Waals surface area contributed by atoms with E-state index in [1.807, 2.05) is 6.92 Å². The summed E-state index contributed by atoms with van der Waals surface area (Å²) >= 11 is 0. The summed E-state index contributed by atoms with van der Waals surface area (Å²) in [6.45, 7) is 1.88. The van der Waals surface area contributed by atoms with Crippen LogP contribution in [0, 0.1) is 6.92 Å². The molecule has 8 heteroatoms. The minimum Gasteiger partial charge on any atom is -0.357 e. The molecule has 0 amide bonds. The van der Waals surface area contributed by atoms with Gasteiger partial charge in [-0.15, -0.1) is 0 Å². The maximum atomic E-state index is 12.2. The fourth-order valence-corrected chi connectivity index (χ4v) is 2.72. The zero-order valence-electron chi connectivity index (χ0n) is 13.0. The van der Waals surface area contributed by atoms with Gasteiger partial charge < -0.3 is 10.6 Å². The van der Waals surface area contributed by atoms with E-state index in [1.54, 1.807) is 37.5 Å². The van der Waals surface area contributed by atoms with Crippen LogP contribution in [0.25, 0.3) is 0 Å². The number of rotatable bonds is 5. The minimum absolute atomic E-state index is 0.225. The van der Waals surface area contributed by atoms with Gasteiger partial charge in [-0.2, -0.15) is 4.98 Å². The average Bonchev–Trinajstić information content (AvgIpc) is 2.49. The second-order valence-corrected chi connectivity index (χ2v) is 7.07. The molecule has 0 radical (unpaired) electrons. The van der Waals surface area contributed by atoms with Gasteiger partial charge in [-0.1, -0.05) is 6.07 Å². The monoisotopic (exact) mass is 321 g/mol. The Kier molecular flexibility index (Phi) is 4.62. The first kappa shape index (κ1) is 16.2. The number of aryl methyl sites for hydroxylation is 1. The van der Waals surface area contributed by atoms with Crippen molar-refractivity contribution >= 4 is 27.5 Å². The van der Waals surface area contributed by atoms with Crippen molar-refractivity contribution in [3.63, 3.8) is 0 Å². The Morgan fingerprint density at radius 2 is 1.95 bits per heavy atom. The molecule has 0 aliphatic rings. The lowest BCUT2D eigenvalue weighted by Crippen LogP contribution is -2.22. The highest BCUT2D eigenvalue weighted by Gasteiger charge is 2.17. The first-order valence-corrected chi connectivity index (χ1v) is 8.09. The summed E-state index contributed by atoms with van der Waals surface area (Å²) in [4.78, 5) is 8.66. The number of sulfonamides is 1. The van der Waals surface area contributed by atoms with Gasteiger partial charge in [0.25, 0.3) is 0 Å². The van der Waals surface area contributed by atoms with E-state index in [1.165, 1.54) is 18.4 Å². The number of hydrogen-bond acceptors (Lipinski definition) is 6. The summed E-state index contributed by atoms with van der Waals surface area (Å²) in [5.41, 5.74) is 1.51. The van der Waals surface area contributed by atoms with Crippen LogP contribution in [0.5, 0.6) is 0 Å². The molecule has 2 rings (SSSR count). The van der Waals surface area contributed by atoms with Gasteiger partial charge in [-0.3, -0.25) is 0 Å². The summed E-state index contributed by atoms with van der Waals surface area (Å²) < 4.78 is 25.5. The van der Waals surface area contributed by atoms with Crippen LogP contribution in [0.15, 0.2) is 35.4 Å². The van der Waals surface area contributed by atoms with Crippen molar-refractivity contribution in [1.29, 1.82) is 0 Å². The second-order valence-electron chi connectivity index (χ2n) is 4.92. The van der Waals surface area contributed by atoms with Crippen molar-refractivity contribution in [3.05, 3.63) is 36.0 Å². The van der Waals surface area contributed by atoms with Crippen molar-refractivity contribution in [1.82, 2.24) is 14.3 Å². The lowest BCUT2D eigenvalue weighted by atomic mass is 10.3.